The van der Waals surface area contributed by atoms with Crippen molar-refractivity contribution in [3.05, 3.63) is 34.1 Å². The maximum absolute atomic E-state index is 13.0. The fourth-order valence-corrected chi connectivity index (χ4v) is 3.14. The van der Waals surface area contributed by atoms with Gasteiger partial charge < -0.3 is 5.73 Å². The summed E-state index contributed by atoms with van der Waals surface area (Å²) in [4.78, 5) is 0. The standard InChI is InChI=1S/C13H17BrFN/c14-12-7-11(15)4-3-10(12)8-13(9-16)5-1-2-6-13/h3-4,7H,1-2,5-6,8-9,16H2. The molecule has 1 aromatic rings. The highest BCUT2D eigenvalue weighted by Crippen LogP contribution is 2.41. The second kappa shape index (κ2) is 4.84. The summed E-state index contributed by atoms with van der Waals surface area (Å²) in [5.41, 5.74) is 7.33. The first kappa shape index (κ1) is 12.1. The van der Waals surface area contributed by atoms with Crippen LogP contribution >= 0.6 is 15.9 Å². The van der Waals surface area contributed by atoms with Crippen LogP contribution < -0.4 is 5.73 Å². The van der Waals surface area contributed by atoms with Gasteiger partial charge in [-0.1, -0.05) is 34.8 Å². The molecule has 16 heavy (non-hydrogen) atoms. The van der Waals surface area contributed by atoms with Crippen molar-refractivity contribution in [3.63, 3.8) is 0 Å². The van der Waals surface area contributed by atoms with Crippen LogP contribution in [0.25, 0.3) is 0 Å². The lowest BCUT2D eigenvalue weighted by Crippen LogP contribution is -2.29. The summed E-state index contributed by atoms with van der Waals surface area (Å²) in [5.74, 6) is -0.191. The molecule has 2 rings (SSSR count). The van der Waals surface area contributed by atoms with Crippen LogP contribution in [-0.2, 0) is 6.42 Å². The molecule has 0 aliphatic heterocycles. The van der Waals surface area contributed by atoms with Crippen molar-refractivity contribution in [3.8, 4) is 0 Å². The molecule has 2 N–H and O–H groups in total. The van der Waals surface area contributed by atoms with Gasteiger partial charge in [0.25, 0.3) is 0 Å². The predicted octanol–water partition coefficient (Wildman–Crippen LogP) is 3.65. The summed E-state index contributed by atoms with van der Waals surface area (Å²) in [6.07, 6.45) is 5.91. The maximum Gasteiger partial charge on any atom is 0.124 e. The van der Waals surface area contributed by atoms with Gasteiger partial charge in [0, 0.05) is 4.47 Å². The molecule has 0 atom stereocenters. The highest BCUT2D eigenvalue weighted by molar-refractivity contribution is 9.10. The van der Waals surface area contributed by atoms with Crippen molar-refractivity contribution < 1.29 is 4.39 Å². The molecular weight excluding hydrogens is 269 g/mol. The van der Waals surface area contributed by atoms with Crippen LogP contribution in [0.4, 0.5) is 4.39 Å². The quantitative estimate of drug-likeness (QED) is 0.901. The molecule has 0 amide bonds. The molecule has 1 aliphatic carbocycles. The molecule has 0 spiro atoms. The summed E-state index contributed by atoms with van der Waals surface area (Å²) in [6, 6.07) is 4.93. The van der Waals surface area contributed by atoms with Crippen LogP contribution in [0.5, 0.6) is 0 Å². The van der Waals surface area contributed by atoms with Gasteiger partial charge in [-0.3, -0.25) is 0 Å². The SMILES string of the molecule is NCC1(Cc2ccc(F)cc2Br)CCCC1. The van der Waals surface area contributed by atoms with Crippen molar-refractivity contribution in [1.29, 1.82) is 0 Å². The molecule has 1 nitrogen and oxygen atoms in total. The Hall–Kier alpha value is -0.410. The third-order valence-corrected chi connectivity index (χ3v) is 4.42. The Balaban J connectivity index is 2.19. The van der Waals surface area contributed by atoms with Crippen LogP contribution in [0.15, 0.2) is 22.7 Å². The zero-order chi connectivity index (χ0) is 11.6. The van der Waals surface area contributed by atoms with Crippen LogP contribution in [0, 0.1) is 11.2 Å². The third kappa shape index (κ3) is 2.46. The highest BCUT2D eigenvalue weighted by Gasteiger charge is 2.32. The Morgan fingerprint density at radius 1 is 1.31 bits per heavy atom. The zero-order valence-electron chi connectivity index (χ0n) is 9.31. The first-order chi connectivity index (χ1) is 7.65. The number of halogens is 2. The monoisotopic (exact) mass is 285 g/mol. The lowest BCUT2D eigenvalue weighted by molar-refractivity contribution is 0.306. The molecule has 3 heteroatoms. The molecular formula is C13H17BrFN. The lowest BCUT2D eigenvalue weighted by Gasteiger charge is -2.27. The molecule has 1 fully saturated rings. The molecule has 0 unspecified atom stereocenters. The van der Waals surface area contributed by atoms with Crippen LogP contribution in [0.1, 0.15) is 31.2 Å². The Morgan fingerprint density at radius 3 is 2.56 bits per heavy atom. The van der Waals surface area contributed by atoms with E-state index in [4.69, 9.17) is 5.73 Å². The number of rotatable bonds is 3. The first-order valence-electron chi connectivity index (χ1n) is 5.79. The Bertz CT molecular complexity index is 372. The molecule has 0 saturated heterocycles. The van der Waals surface area contributed by atoms with Gasteiger partial charge >= 0.3 is 0 Å². The number of nitrogens with two attached hydrogens (primary N) is 1. The summed E-state index contributed by atoms with van der Waals surface area (Å²) in [5, 5.41) is 0. The van der Waals surface area contributed by atoms with E-state index < -0.39 is 0 Å². The van der Waals surface area contributed by atoms with Crippen LogP contribution in [0.3, 0.4) is 0 Å². The second-order valence-corrected chi connectivity index (χ2v) is 5.68. The molecule has 0 aromatic heterocycles. The highest BCUT2D eigenvalue weighted by atomic mass is 79.9. The predicted molar refractivity (Wildman–Crippen MR) is 67.8 cm³/mol. The van der Waals surface area contributed by atoms with E-state index in [1.54, 1.807) is 0 Å². The van der Waals surface area contributed by atoms with E-state index in [9.17, 15) is 4.39 Å². The number of benzene rings is 1. The van der Waals surface area contributed by atoms with E-state index >= 15 is 0 Å². The Labute approximate surface area is 104 Å². The first-order valence-corrected chi connectivity index (χ1v) is 6.59. The van der Waals surface area contributed by atoms with E-state index in [1.165, 1.54) is 43.4 Å². The van der Waals surface area contributed by atoms with Gasteiger partial charge in [0.15, 0.2) is 0 Å². The molecule has 0 heterocycles. The Kier molecular flexibility index (Phi) is 3.65. The van der Waals surface area contributed by atoms with Crippen molar-refractivity contribution >= 4 is 15.9 Å². The molecule has 1 aliphatic rings. The normalized spacial score (nSPS) is 18.9. The maximum atomic E-state index is 13.0. The van der Waals surface area contributed by atoms with Gasteiger partial charge in [0.1, 0.15) is 5.82 Å². The third-order valence-electron chi connectivity index (χ3n) is 3.68. The topological polar surface area (TPSA) is 26.0 Å². The molecule has 1 aromatic carbocycles. The molecule has 1 saturated carbocycles. The fraction of sp³-hybridized carbons (Fsp3) is 0.538. The van der Waals surface area contributed by atoms with Crippen molar-refractivity contribution in [2.45, 2.75) is 32.1 Å². The average molecular weight is 286 g/mol. The minimum absolute atomic E-state index is 0.191. The second-order valence-electron chi connectivity index (χ2n) is 4.82. The summed E-state index contributed by atoms with van der Waals surface area (Å²) < 4.78 is 13.9. The van der Waals surface area contributed by atoms with E-state index in [0.717, 1.165) is 17.4 Å². The smallest absolute Gasteiger partial charge is 0.124 e. The van der Waals surface area contributed by atoms with Gasteiger partial charge in [-0.2, -0.15) is 0 Å². The zero-order valence-corrected chi connectivity index (χ0v) is 10.9. The van der Waals surface area contributed by atoms with E-state index in [0.29, 0.717) is 0 Å². The average Bonchev–Trinajstić information content (AvgIpc) is 2.72. The number of hydrogen-bond acceptors (Lipinski definition) is 1. The molecule has 0 bridgehead atoms. The van der Waals surface area contributed by atoms with Gasteiger partial charge in [-0.15, -0.1) is 0 Å². The minimum Gasteiger partial charge on any atom is -0.330 e. The molecule has 88 valence electrons. The van der Waals surface area contributed by atoms with Gasteiger partial charge in [-0.05, 0) is 48.9 Å². The summed E-state index contributed by atoms with van der Waals surface area (Å²) in [7, 11) is 0. The van der Waals surface area contributed by atoms with E-state index in [1.807, 2.05) is 6.07 Å². The van der Waals surface area contributed by atoms with Crippen molar-refractivity contribution in [2.24, 2.45) is 11.1 Å². The van der Waals surface area contributed by atoms with E-state index in [2.05, 4.69) is 15.9 Å². The number of hydrogen-bond donors (Lipinski definition) is 1. The van der Waals surface area contributed by atoms with E-state index in [-0.39, 0.29) is 11.2 Å². The van der Waals surface area contributed by atoms with Crippen LogP contribution in [0.2, 0.25) is 0 Å². The largest absolute Gasteiger partial charge is 0.330 e. The van der Waals surface area contributed by atoms with Gasteiger partial charge in [0.2, 0.25) is 0 Å². The molecule has 0 radical (unpaired) electrons. The van der Waals surface area contributed by atoms with Crippen molar-refractivity contribution in [1.82, 2.24) is 0 Å². The van der Waals surface area contributed by atoms with Crippen molar-refractivity contribution in [2.75, 3.05) is 6.54 Å². The summed E-state index contributed by atoms with van der Waals surface area (Å²) >= 11 is 3.43. The van der Waals surface area contributed by atoms with Crippen LogP contribution in [-0.4, -0.2) is 6.54 Å². The minimum atomic E-state index is -0.191. The Morgan fingerprint density at radius 2 is 2.00 bits per heavy atom. The van der Waals surface area contributed by atoms with Gasteiger partial charge in [-0.25, -0.2) is 4.39 Å². The lowest BCUT2D eigenvalue weighted by atomic mass is 9.80. The summed E-state index contributed by atoms with van der Waals surface area (Å²) in [6.45, 7) is 0.733. The fourth-order valence-electron chi connectivity index (χ4n) is 2.65. The van der Waals surface area contributed by atoms with Gasteiger partial charge in [0.05, 0.1) is 0 Å².